The Kier molecular flexibility index (Phi) is 5.12. The van der Waals surface area contributed by atoms with Crippen molar-refractivity contribution in [2.75, 3.05) is 0 Å². The molecule has 0 radical (unpaired) electrons. The number of aliphatic carboxylic acids is 1. The van der Waals surface area contributed by atoms with E-state index in [9.17, 15) is 14.4 Å². The molecule has 0 aromatic carbocycles. The second kappa shape index (κ2) is 6.37. The van der Waals surface area contributed by atoms with Gasteiger partial charge in [-0.3, -0.25) is 14.4 Å². The van der Waals surface area contributed by atoms with Gasteiger partial charge in [0.25, 0.3) is 0 Å². The Bertz CT molecular complexity index is 302. The van der Waals surface area contributed by atoms with E-state index in [1.54, 1.807) is 0 Å². The van der Waals surface area contributed by atoms with E-state index in [1.807, 2.05) is 0 Å². The highest BCUT2D eigenvalue weighted by Gasteiger charge is 2.27. The van der Waals surface area contributed by atoms with E-state index in [4.69, 9.17) is 5.11 Å². The highest BCUT2D eigenvalue weighted by Crippen LogP contribution is 2.29. The average molecular weight is 242 g/mol. The molecule has 96 valence electrons. The summed E-state index contributed by atoms with van der Waals surface area (Å²) in [6.45, 7) is 2.14. The Labute approximate surface area is 100 Å². The molecule has 5 nitrogen and oxygen atoms in total. The Hall–Kier alpha value is -1.39. The summed E-state index contributed by atoms with van der Waals surface area (Å²) in [6, 6.07) is 0. The molecule has 5 heteroatoms. The summed E-state index contributed by atoms with van der Waals surface area (Å²) < 4.78 is 4.63. The monoisotopic (exact) mass is 242 g/mol. The van der Waals surface area contributed by atoms with Gasteiger partial charge in [0, 0.05) is 0 Å². The molecule has 0 atom stereocenters. The number of carboxylic acid groups (broad SMARTS) is 1. The normalized spacial score (nSPS) is 24.1. The van der Waals surface area contributed by atoms with Crippen molar-refractivity contribution in [3.8, 4) is 0 Å². The number of carboxylic acids is 1. The minimum Gasteiger partial charge on any atom is -0.481 e. The molecule has 1 aliphatic carbocycles. The summed E-state index contributed by atoms with van der Waals surface area (Å²) in [5, 5.41) is 8.38. The largest absolute Gasteiger partial charge is 0.481 e. The van der Waals surface area contributed by atoms with Crippen LogP contribution in [0, 0.1) is 11.8 Å². The molecular weight excluding hydrogens is 224 g/mol. The molecule has 0 aliphatic heterocycles. The van der Waals surface area contributed by atoms with Gasteiger partial charge in [-0.15, -0.1) is 0 Å². The SMILES string of the molecule is CC1CCC(C(=O)OC(=O)CCC(=O)O)CC1. The van der Waals surface area contributed by atoms with Gasteiger partial charge in [-0.25, -0.2) is 0 Å². The van der Waals surface area contributed by atoms with E-state index in [1.165, 1.54) is 0 Å². The topological polar surface area (TPSA) is 80.7 Å². The number of carbonyl (C=O) groups excluding carboxylic acids is 2. The molecule has 0 spiro atoms. The molecule has 1 rings (SSSR count). The minimum atomic E-state index is -1.07. The van der Waals surface area contributed by atoms with Crippen LogP contribution >= 0.6 is 0 Å². The second-order valence-corrected chi connectivity index (χ2v) is 4.64. The highest BCUT2D eigenvalue weighted by atomic mass is 16.6. The van der Waals surface area contributed by atoms with Crippen molar-refractivity contribution < 1.29 is 24.2 Å². The second-order valence-electron chi connectivity index (χ2n) is 4.64. The first-order valence-electron chi connectivity index (χ1n) is 5.95. The first-order chi connectivity index (χ1) is 7.99. The van der Waals surface area contributed by atoms with Crippen LogP contribution in [-0.2, 0) is 19.1 Å². The zero-order valence-corrected chi connectivity index (χ0v) is 9.98. The number of carbonyl (C=O) groups is 3. The molecule has 0 unspecified atom stereocenters. The van der Waals surface area contributed by atoms with Crippen molar-refractivity contribution in [2.45, 2.75) is 45.4 Å². The van der Waals surface area contributed by atoms with Crippen LogP contribution in [0.2, 0.25) is 0 Å². The van der Waals surface area contributed by atoms with E-state index < -0.39 is 17.9 Å². The van der Waals surface area contributed by atoms with Crippen molar-refractivity contribution in [1.82, 2.24) is 0 Å². The van der Waals surface area contributed by atoms with Crippen LogP contribution in [-0.4, -0.2) is 23.0 Å². The third-order valence-corrected chi connectivity index (χ3v) is 3.11. The maximum Gasteiger partial charge on any atom is 0.316 e. The molecule has 0 aromatic heterocycles. The van der Waals surface area contributed by atoms with Crippen LogP contribution in [0.1, 0.15) is 45.4 Å². The maximum absolute atomic E-state index is 11.6. The predicted octanol–water partition coefficient (Wildman–Crippen LogP) is 1.75. The predicted molar refractivity (Wildman–Crippen MR) is 59.1 cm³/mol. The third kappa shape index (κ3) is 4.97. The first-order valence-corrected chi connectivity index (χ1v) is 5.95. The first kappa shape index (κ1) is 13.7. The number of ether oxygens (including phenoxy) is 1. The Morgan fingerprint density at radius 1 is 1.12 bits per heavy atom. The van der Waals surface area contributed by atoms with Gasteiger partial charge in [0.15, 0.2) is 0 Å². The molecule has 0 amide bonds. The summed E-state index contributed by atoms with van der Waals surface area (Å²) >= 11 is 0. The van der Waals surface area contributed by atoms with Gasteiger partial charge in [0.2, 0.25) is 0 Å². The van der Waals surface area contributed by atoms with E-state index in [0.29, 0.717) is 5.92 Å². The number of hydrogen-bond donors (Lipinski definition) is 1. The van der Waals surface area contributed by atoms with Gasteiger partial charge in [-0.1, -0.05) is 6.92 Å². The van der Waals surface area contributed by atoms with Gasteiger partial charge >= 0.3 is 17.9 Å². The lowest BCUT2D eigenvalue weighted by Crippen LogP contribution is -2.25. The smallest absolute Gasteiger partial charge is 0.316 e. The molecule has 17 heavy (non-hydrogen) atoms. The standard InChI is InChI=1S/C12H18O5/c1-8-2-4-9(5-3-8)12(16)17-11(15)7-6-10(13)14/h8-9H,2-7H2,1H3,(H,13,14). The molecule has 0 saturated heterocycles. The van der Waals surface area contributed by atoms with Gasteiger partial charge in [0.1, 0.15) is 0 Å². The lowest BCUT2D eigenvalue weighted by atomic mass is 9.83. The lowest BCUT2D eigenvalue weighted by Gasteiger charge is -2.23. The number of esters is 2. The molecular formula is C12H18O5. The summed E-state index contributed by atoms with van der Waals surface area (Å²) in [5.41, 5.74) is 0. The molecule has 1 N–H and O–H groups in total. The fourth-order valence-corrected chi connectivity index (χ4v) is 1.95. The molecule has 1 aliphatic rings. The van der Waals surface area contributed by atoms with Crippen LogP contribution in [0.4, 0.5) is 0 Å². The average Bonchev–Trinajstić information content (AvgIpc) is 2.27. The zero-order valence-electron chi connectivity index (χ0n) is 9.98. The fraction of sp³-hybridized carbons (Fsp3) is 0.750. The Balaban J connectivity index is 2.28. The van der Waals surface area contributed by atoms with Crippen LogP contribution in [0.25, 0.3) is 0 Å². The van der Waals surface area contributed by atoms with Crippen molar-refractivity contribution in [2.24, 2.45) is 11.8 Å². The molecule has 0 aromatic rings. The van der Waals surface area contributed by atoms with Crippen LogP contribution in [0.5, 0.6) is 0 Å². The van der Waals surface area contributed by atoms with Gasteiger partial charge in [-0.2, -0.15) is 0 Å². The number of rotatable bonds is 4. The van der Waals surface area contributed by atoms with Crippen LogP contribution in [0.3, 0.4) is 0 Å². The zero-order chi connectivity index (χ0) is 12.8. The molecule has 0 bridgehead atoms. The molecule has 1 saturated carbocycles. The van der Waals surface area contributed by atoms with E-state index in [2.05, 4.69) is 11.7 Å². The highest BCUT2D eigenvalue weighted by molar-refractivity contribution is 5.88. The van der Waals surface area contributed by atoms with Crippen molar-refractivity contribution in [3.05, 3.63) is 0 Å². The van der Waals surface area contributed by atoms with E-state index in [-0.39, 0.29) is 18.8 Å². The number of hydrogen-bond acceptors (Lipinski definition) is 4. The van der Waals surface area contributed by atoms with Crippen molar-refractivity contribution >= 4 is 17.9 Å². The maximum atomic E-state index is 11.6. The van der Waals surface area contributed by atoms with Crippen LogP contribution < -0.4 is 0 Å². The summed E-state index contributed by atoms with van der Waals surface area (Å²) in [5.74, 6) is -1.87. The van der Waals surface area contributed by atoms with Gasteiger partial charge in [-0.05, 0) is 31.6 Å². The summed E-state index contributed by atoms with van der Waals surface area (Å²) in [4.78, 5) is 33.0. The molecule has 0 heterocycles. The van der Waals surface area contributed by atoms with Crippen molar-refractivity contribution in [1.29, 1.82) is 0 Å². The third-order valence-electron chi connectivity index (χ3n) is 3.11. The van der Waals surface area contributed by atoms with Crippen LogP contribution in [0.15, 0.2) is 0 Å². The lowest BCUT2D eigenvalue weighted by molar-refractivity contribution is -0.164. The van der Waals surface area contributed by atoms with Gasteiger partial charge < -0.3 is 9.84 Å². The van der Waals surface area contributed by atoms with Gasteiger partial charge in [0.05, 0.1) is 18.8 Å². The Morgan fingerprint density at radius 2 is 1.71 bits per heavy atom. The minimum absolute atomic E-state index is 0.194. The summed E-state index contributed by atoms with van der Waals surface area (Å²) in [7, 11) is 0. The quantitative estimate of drug-likeness (QED) is 0.600. The Morgan fingerprint density at radius 3 is 2.24 bits per heavy atom. The van der Waals surface area contributed by atoms with Crippen molar-refractivity contribution in [3.63, 3.8) is 0 Å². The summed E-state index contributed by atoms with van der Waals surface area (Å²) in [6.07, 6.45) is 2.92. The fourth-order valence-electron chi connectivity index (χ4n) is 1.95. The van der Waals surface area contributed by atoms with E-state index in [0.717, 1.165) is 25.7 Å². The van der Waals surface area contributed by atoms with E-state index >= 15 is 0 Å². The molecule has 1 fully saturated rings.